The van der Waals surface area contributed by atoms with E-state index in [9.17, 15) is 9.36 Å². The number of carbonyl (C=O) groups excluding carboxylic acids is 1. The monoisotopic (exact) mass is 242 g/mol. The third kappa shape index (κ3) is 11.5. The minimum absolute atomic E-state index is 0.504. The summed E-state index contributed by atoms with van der Waals surface area (Å²) >= 11 is 0. The Morgan fingerprint density at radius 1 is 1.33 bits per heavy atom. The van der Waals surface area contributed by atoms with Crippen molar-refractivity contribution < 1.29 is 33.7 Å². The maximum atomic E-state index is 10.7. The minimum Gasteiger partial charge on any atom is -0.435 e. The van der Waals surface area contributed by atoms with Gasteiger partial charge in [0.1, 0.15) is 6.16 Å². The summed E-state index contributed by atoms with van der Waals surface area (Å²) in [5.74, 6) is -1.04. The Morgan fingerprint density at radius 3 is 2.27 bits per heavy atom. The van der Waals surface area contributed by atoms with Crippen LogP contribution in [0.4, 0.5) is 0 Å². The molecule has 0 amide bonds. The molecule has 0 heterocycles. The fraction of sp³-hybridized carbons (Fsp3) is 0.857. The van der Waals surface area contributed by atoms with Gasteiger partial charge < -0.3 is 14.5 Å². The molecule has 0 aliphatic heterocycles. The molecule has 7 nitrogen and oxygen atoms in total. The number of rotatable bonds is 5. The zero-order chi connectivity index (χ0) is 12.1. The Kier molecular flexibility index (Phi) is 5.41. The van der Waals surface area contributed by atoms with Crippen LogP contribution in [0.1, 0.15) is 20.8 Å². The largest absolute Gasteiger partial charge is 0.435 e. The normalized spacial score (nSPS) is 12.6. The van der Waals surface area contributed by atoms with E-state index in [0.29, 0.717) is 0 Å². The molecular formula is C7H15O7P. The second-order valence-electron chi connectivity index (χ2n) is 3.77. The second kappa shape index (κ2) is 5.58. The first-order valence-corrected chi connectivity index (χ1v) is 5.91. The van der Waals surface area contributed by atoms with Gasteiger partial charge in [-0.05, 0) is 20.8 Å². The van der Waals surface area contributed by atoms with Gasteiger partial charge in [-0.25, -0.2) is 4.89 Å². The first kappa shape index (κ1) is 14.5. The number of esters is 1. The molecule has 2 N–H and O–H groups in total. The molecule has 0 fully saturated rings. The molecule has 0 bridgehead atoms. The van der Waals surface area contributed by atoms with Crippen molar-refractivity contribution in [3.8, 4) is 0 Å². The molecule has 0 aromatic heterocycles. The molecule has 90 valence electrons. The Bertz CT molecular complexity index is 251. The van der Waals surface area contributed by atoms with E-state index in [0.717, 1.165) is 0 Å². The highest BCUT2D eigenvalue weighted by molar-refractivity contribution is 7.52. The van der Waals surface area contributed by atoms with Crippen molar-refractivity contribution >= 4 is 13.6 Å². The molecule has 0 rings (SSSR count). The van der Waals surface area contributed by atoms with Crippen LogP contribution in [0.25, 0.3) is 0 Å². The molecule has 0 aromatic carbocycles. The van der Waals surface area contributed by atoms with Crippen LogP contribution in [0.2, 0.25) is 0 Å². The molecule has 0 radical (unpaired) electrons. The summed E-state index contributed by atoms with van der Waals surface area (Å²) in [4.78, 5) is 36.8. The van der Waals surface area contributed by atoms with Crippen molar-refractivity contribution in [2.75, 3.05) is 13.0 Å². The van der Waals surface area contributed by atoms with Gasteiger partial charge >= 0.3 is 13.6 Å². The van der Waals surface area contributed by atoms with Crippen molar-refractivity contribution in [1.82, 2.24) is 0 Å². The third-order valence-electron chi connectivity index (χ3n) is 0.912. The Balaban J connectivity index is 3.62. The number of hydrogen-bond donors (Lipinski definition) is 2. The van der Waals surface area contributed by atoms with Crippen molar-refractivity contribution in [3.05, 3.63) is 0 Å². The fourth-order valence-corrected chi connectivity index (χ4v) is 0.932. The molecule has 0 saturated carbocycles. The molecule has 0 unspecified atom stereocenters. The maximum absolute atomic E-state index is 10.7. The van der Waals surface area contributed by atoms with Gasteiger partial charge in [0, 0.05) is 0 Å². The highest BCUT2D eigenvalue weighted by atomic mass is 31.2. The van der Waals surface area contributed by atoms with Crippen molar-refractivity contribution in [3.63, 3.8) is 0 Å². The van der Waals surface area contributed by atoms with E-state index in [1.54, 1.807) is 20.8 Å². The summed E-state index contributed by atoms with van der Waals surface area (Å²) in [7, 11) is -4.37. The summed E-state index contributed by atoms with van der Waals surface area (Å²) in [6, 6.07) is 0. The lowest BCUT2D eigenvalue weighted by Crippen LogP contribution is -2.21. The lowest BCUT2D eigenvalue weighted by atomic mass is 10.2. The summed E-state index contributed by atoms with van der Waals surface area (Å²) in [6.07, 6.45) is -0.966. The van der Waals surface area contributed by atoms with Crippen LogP contribution in [-0.4, -0.2) is 34.3 Å². The second-order valence-corrected chi connectivity index (χ2v) is 5.42. The van der Waals surface area contributed by atoms with Crippen molar-refractivity contribution in [2.45, 2.75) is 26.4 Å². The third-order valence-corrected chi connectivity index (χ3v) is 1.58. The predicted molar refractivity (Wildman–Crippen MR) is 49.8 cm³/mol. The zero-order valence-corrected chi connectivity index (χ0v) is 9.69. The molecule has 0 aliphatic carbocycles. The Labute approximate surface area is 87.4 Å². The van der Waals surface area contributed by atoms with Gasteiger partial charge in [0.25, 0.3) is 0 Å². The summed E-state index contributed by atoms with van der Waals surface area (Å²) < 4.78 is 14.7. The van der Waals surface area contributed by atoms with Crippen molar-refractivity contribution in [1.29, 1.82) is 0 Å². The van der Waals surface area contributed by atoms with E-state index >= 15 is 0 Å². The molecule has 0 spiro atoms. The van der Waals surface area contributed by atoms with Gasteiger partial charge in [0.15, 0.2) is 0 Å². The molecule has 0 aliphatic rings. The molecule has 0 saturated heterocycles. The topological polar surface area (TPSA) is 102 Å². The molecule has 0 aromatic rings. The lowest BCUT2D eigenvalue weighted by Gasteiger charge is -2.17. The minimum atomic E-state index is -4.37. The van der Waals surface area contributed by atoms with Gasteiger partial charge in [-0.3, -0.25) is 9.36 Å². The highest BCUT2D eigenvalue weighted by Crippen LogP contribution is 2.33. The van der Waals surface area contributed by atoms with E-state index in [2.05, 4.69) is 9.62 Å². The molecule has 0 atom stereocenters. The van der Waals surface area contributed by atoms with E-state index in [-0.39, 0.29) is 0 Å². The quantitative estimate of drug-likeness (QED) is 0.180. The molecule has 15 heavy (non-hydrogen) atoms. The summed E-state index contributed by atoms with van der Waals surface area (Å²) in [6.45, 7) is 4.68. The first-order chi connectivity index (χ1) is 6.60. The van der Waals surface area contributed by atoms with Crippen LogP contribution in [0, 0.1) is 0 Å². The van der Waals surface area contributed by atoms with Gasteiger partial charge in [0.2, 0.25) is 6.79 Å². The molecular weight excluding hydrogens is 227 g/mol. The Morgan fingerprint density at radius 2 is 1.87 bits per heavy atom. The number of hydrogen-bond acceptors (Lipinski definition) is 5. The standard InChI is InChI=1S/C7H15O7P/c1-7(2,3)14-13-5-12-6(8)4-15(9,10)11/h4-5H2,1-3H3,(H2,9,10,11). The van der Waals surface area contributed by atoms with Gasteiger partial charge in [0.05, 0.1) is 5.60 Å². The van der Waals surface area contributed by atoms with E-state index in [1.807, 2.05) is 0 Å². The van der Waals surface area contributed by atoms with Gasteiger partial charge in [-0.15, -0.1) is 0 Å². The SMILES string of the molecule is CC(C)(C)OOCOC(=O)CP(=O)(O)O. The van der Waals surface area contributed by atoms with Crippen LogP contribution in [0.15, 0.2) is 0 Å². The predicted octanol–water partition coefficient (Wildman–Crippen LogP) is 0.411. The fourth-order valence-electron chi connectivity index (χ4n) is 0.504. The molecule has 8 heteroatoms. The average Bonchev–Trinajstić information content (AvgIpc) is 1.92. The van der Waals surface area contributed by atoms with Gasteiger partial charge in [-0.1, -0.05) is 0 Å². The summed E-state index contributed by atoms with van der Waals surface area (Å²) in [5.41, 5.74) is -0.546. The Hall–Kier alpha value is -0.460. The van der Waals surface area contributed by atoms with Crippen LogP contribution in [0.3, 0.4) is 0 Å². The zero-order valence-electron chi connectivity index (χ0n) is 8.80. The van der Waals surface area contributed by atoms with Crippen LogP contribution < -0.4 is 0 Å². The van der Waals surface area contributed by atoms with Crippen LogP contribution >= 0.6 is 7.60 Å². The first-order valence-electron chi connectivity index (χ1n) is 4.11. The van der Waals surface area contributed by atoms with E-state index < -0.39 is 32.1 Å². The van der Waals surface area contributed by atoms with E-state index in [1.165, 1.54) is 0 Å². The highest BCUT2D eigenvalue weighted by Gasteiger charge is 2.20. The van der Waals surface area contributed by atoms with Crippen LogP contribution in [-0.2, 0) is 23.9 Å². The lowest BCUT2D eigenvalue weighted by molar-refractivity contribution is -0.375. The average molecular weight is 242 g/mol. The smallest absolute Gasteiger partial charge is 0.336 e. The maximum Gasteiger partial charge on any atom is 0.336 e. The van der Waals surface area contributed by atoms with E-state index in [4.69, 9.17) is 14.7 Å². The number of ether oxygens (including phenoxy) is 1. The van der Waals surface area contributed by atoms with Gasteiger partial charge in [-0.2, -0.15) is 4.89 Å². The van der Waals surface area contributed by atoms with Crippen LogP contribution in [0.5, 0.6) is 0 Å². The summed E-state index contributed by atoms with van der Waals surface area (Å²) in [5, 5.41) is 0. The van der Waals surface area contributed by atoms with Crippen molar-refractivity contribution in [2.24, 2.45) is 0 Å². The number of carbonyl (C=O) groups is 1.